The molecule has 15 N–H and O–H groups in total. The summed E-state index contributed by atoms with van der Waals surface area (Å²) in [5.41, 5.74) is 0. The number of ether oxygens (including phenoxy) is 8. The Morgan fingerprint density at radius 1 is 0.471 bits per heavy atom. The van der Waals surface area contributed by atoms with Crippen molar-refractivity contribution in [3.05, 3.63) is 0 Å². The molecule has 4 saturated heterocycles. The van der Waals surface area contributed by atoms with Crippen molar-refractivity contribution in [3.63, 3.8) is 0 Å². The molecule has 0 radical (unpaired) electrons. The molecule has 4 heterocycles. The SMILES string of the molecule is CO[C@H]1O[C@H](COS(=O)(=O)O)[C@@H](O[C@@H]2O[C@H](C(=O)O)[C@@H](O[C@H]3O[C@H](COS(=O)(=O)O)[C@@H](O[C@@H]4O[C@H](C(=O)O)[C@@H](O)[C@H](O)[C@H]4OS(=O)(=O)O)[C@H](O)[C@H]3NS(=O)(=O)O)[C@H](O)[C@H]2O)[C@H](O)[C@H]1NS(=O)(=O)O. The molecule has 0 bridgehead atoms. The number of aliphatic hydroxyl groups is 6. The first-order valence-electron chi connectivity index (χ1n) is 18.0. The van der Waals surface area contributed by atoms with Gasteiger partial charge in [0.2, 0.25) is 0 Å². The third kappa shape index (κ3) is 15.6. The van der Waals surface area contributed by atoms with E-state index in [4.69, 9.17) is 42.4 Å². The summed E-state index contributed by atoms with van der Waals surface area (Å²) in [7, 11) is -26.8. The maximum Gasteiger partial charge on any atom is 0.397 e. The van der Waals surface area contributed by atoms with Crippen LogP contribution in [0.5, 0.6) is 0 Å². The summed E-state index contributed by atoms with van der Waals surface area (Å²) < 4.78 is 221. The van der Waals surface area contributed by atoms with Crippen LogP contribution in [0.4, 0.5) is 0 Å². The second kappa shape index (κ2) is 22.2. The molecule has 0 aromatic heterocycles. The molecule has 68 heavy (non-hydrogen) atoms. The summed E-state index contributed by atoms with van der Waals surface area (Å²) in [5.74, 6) is -4.33. The number of nitrogens with one attached hydrogen (secondary N) is 2. The van der Waals surface area contributed by atoms with Crippen molar-refractivity contribution < 1.29 is 166 Å². The van der Waals surface area contributed by atoms with E-state index in [9.17, 15) is 111 Å². The fourth-order valence-electron chi connectivity index (χ4n) is 6.82. The lowest BCUT2D eigenvalue weighted by molar-refractivity contribution is -0.369. The monoisotopic (exact) mass is 1110 g/mol. The normalized spacial score (nSPS) is 40.1. The molecule has 0 unspecified atom stereocenters. The highest BCUT2D eigenvalue weighted by Gasteiger charge is 2.58. The molecule has 0 spiro atoms. The molecule has 4 aliphatic rings. The average molecular weight is 1110 g/mol. The Hall–Kier alpha value is -2.27. The Kier molecular flexibility index (Phi) is 19.1. The summed E-state index contributed by atoms with van der Waals surface area (Å²) >= 11 is 0. The molecule has 20 atom stereocenters. The molecule has 0 aliphatic carbocycles. The van der Waals surface area contributed by atoms with Crippen LogP contribution < -0.4 is 9.44 Å². The van der Waals surface area contributed by atoms with Crippen LogP contribution in [0, 0.1) is 0 Å². The second-order valence-corrected chi connectivity index (χ2v) is 19.8. The van der Waals surface area contributed by atoms with Gasteiger partial charge in [-0.2, -0.15) is 51.5 Å². The zero-order valence-electron chi connectivity index (χ0n) is 33.2. The van der Waals surface area contributed by atoms with Gasteiger partial charge in [-0.05, 0) is 0 Å². The predicted octanol–water partition coefficient (Wildman–Crippen LogP) is -10.6. The fourth-order valence-corrected chi connectivity index (χ4v) is 9.11. The maximum atomic E-state index is 12.6. The lowest BCUT2D eigenvalue weighted by Gasteiger charge is -2.49. The quantitative estimate of drug-likeness (QED) is 0.0475. The molecular formula is C25H42N2O36S5. The summed E-state index contributed by atoms with van der Waals surface area (Å²) in [6, 6.07) is -4.83. The lowest BCUT2D eigenvalue weighted by atomic mass is 9.94. The Morgan fingerprint density at radius 3 is 1.28 bits per heavy atom. The topological polar surface area (TPSA) is 593 Å². The molecule has 43 heteroatoms. The zero-order chi connectivity index (χ0) is 51.8. The smallest absolute Gasteiger partial charge is 0.397 e. The molecule has 0 aromatic carbocycles. The van der Waals surface area contributed by atoms with E-state index in [1.165, 1.54) is 9.44 Å². The number of carboxylic acid groups (broad SMARTS) is 2. The first-order valence-corrected chi connectivity index (χ1v) is 24.9. The van der Waals surface area contributed by atoms with Gasteiger partial charge in [-0.3, -0.25) is 22.8 Å². The van der Waals surface area contributed by atoms with Crippen LogP contribution in [0.3, 0.4) is 0 Å². The largest absolute Gasteiger partial charge is 0.479 e. The Labute approximate surface area is 381 Å². The summed E-state index contributed by atoms with van der Waals surface area (Å²) in [6.07, 6.45) is -46.4. The van der Waals surface area contributed by atoms with Crippen LogP contribution in [0.15, 0.2) is 0 Å². The first-order chi connectivity index (χ1) is 30.9. The van der Waals surface area contributed by atoms with Crippen LogP contribution in [0.25, 0.3) is 0 Å². The predicted molar refractivity (Wildman–Crippen MR) is 196 cm³/mol. The number of aliphatic hydroxyl groups excluding tert-OH is 6. The average Bonchev–Trinajstić information content (AvgIpc) is 3.17. The van der Waals surface area contributed by atoms with Gasteiger partial charge in [-0.25, -0.2) is 22.1 Å². The minimum Gasteiger partial charge on any atom is -0.479 e. The first kappa shape index (κ1) is 58.3. The summed E-state index contributed by atoms with van der Waals surface area (Å²) in [4.78, 5) is 24.4. The third-order valence-corrected chi connectivity index (χ3v) is 12.1. The Balaban J connectivity index is 1.72. The lowest BCUT2D eigenvalue weighted by Crippen LogP contribution is -2.70. The van der Waals surface area contributed by atoms with Gasteiger partial charge in [0.15, 0.2) is 43.5 Å². The summed E-state index contributed by atoms with van der Waals surface area (Å²) in [6.45, 7) is -3.00. The van der Waals surface area contributed by atoms with Crippen molar-refractivity contribution in [1.29, 1.82) is 0 Å². The van der Waals surface area contributed by atoms with Gasteiger partial charge in [0.05, 0.1) is 13.2 Å². The van der Waals surface area contributed by atoms with Gasteiger partial charge in [0.1, 0.15) is 79.2 Å². The van der Waals surface area contributed by atoms with Gasteiger partial charge < -0.3 is 78.7 Å². The zero-order valence-corrected chi connectivity index (χ0v) is 37.3. The van der Waals surface area contributed by atoms with Crippen LogP contribution in [0.2, 0.25) is 0 Å². The highest BCUT2D eigenvalue weighted by Crippen LogP contribution is 2.36. The van der Waals surface area contributed by atoms with E-state index in [2.05, 4.69) is 12.5 Å². The number of hydrogen-bond acceptors (Lipinski definition) is 29. The Morgan fingerprint density at radius 2 is 0.868 bits per heavy atom. The van der Waals surface area contributed by atoms with Gasteiger partial charge in [0.25, 0.3) is 0 Å². The number of rotatable bonds is 21. The summed E-state index contributed by atoms with van der Waals surface area (Å²) in [5, 5.41) is 85.3. The van der Waals surface area contributed by atoms with Gasteiger partial charge >= 0.3 is 63.7 Å². The van der Waals surface area contributed by atoms with Gasteiger partial charge in [-0.1, -0.05) is 0 Å². The molecule has 4 rings (SSSR count). The third-order valence-electron chi connectivity index (χ3n) is 9.59. The van der Waals surface area contributed by atoms with E-state index in [1.54, 1.807) is 0 Å². The van der Waals surface area contributed by atoms with Crippen LogP contribution >= 0.6 is 0 Å². The standard InChI is InChI=1S/C25H42N2O36S5/c1-53-22-6(26-64(38,39)40)8(28)14(4(56-22)2-54-66(44,45)46)58-24-13(33)12(32)16(19(62-24)21(36)37)60-23-7(27-65(41,42)43)9(29)15(5(57-23)3-55-67(47,48)49)59-25-18(63-68(50,51)52)11(31)10(30)17(61-25)20(34)35/h4-19,22-33H,2-3H2,1H3,(H,34,35)(H,36,37)(H,38,39,40)(H,41,42,43)(H,44,45,46)(H,47,48,49)(H,50,51,52)/t4-,5-,6-,7-,8-,9-,10+,11+,12-,13-,14-,15-,16+,17+,18-,19+,22+,23-,24-,25-/m1/s1. The number of hydrogen-bond donors (Lipinski definition) is 15. The molecule has 4 aliphatic heterocycles. The van der Waals surface area contributed by atoms with E-state index in [0.29, 0.717) is 0 Å². The van der Waals surface area contributed by atoms with E-state index >= 15 is 0 Å². The second-order valence-electron chi connectivity index (χ2n) is 14.2. The minimum absolute atomic E-state index is 0.846. The van der Waals surface area contributed by atoms with Crippen molar-refractivity contribution in [2.75, 3.05) is 20.3 Å². The number of carboxylic acids is 2. The van der Waals surface area contributed by atoms with Gasteiger partial charge in [-0.15, -0.1) is 0 Å². The molecular weight excluding hydrogens is 1060 g/mol. The van der Waals surface area contributed by atoms with Crippen molar-refractivity contribution >= 4 is 63.7 Å². The number of carbonyl (C=O) groups is 2. The Bertz CT molecular complexity index is 2330. The van der Waals surface area contributed by atoms with Crippen molar-refractivity contribution in [1.82, 2.24) is 9.44 Å². The van der Waals surface area contributed by atoms with Crippen molar-refractivity contribution in [3.8, 4) is 0 Å². The molecule has 0 saturated carbocycles. The van der Waals surface area contributed by atoms with Crippen LogP contribution in [0.1, 0.15) is 0 Å². The van der Waals surface area contributed by atoms with E-state index in [-0.39, 0.29) is 0 Å². The molecule has 4 fully saturated rings. The molecule has 0 amide bonds. The van der Waals surface area contributed by atoms with E-state index < -0.39 is 200 Å². The molecule has 0 aromatic rings. The van der Waals surface area contributed by atoms with Crippen molar-refractivity contribution in [2.45, 2.75) is 123 Å². The molecule has 398 valence electrons. The highest BCUT2D eigenvalue weighted by atomic mass is 32.3. The number of methoxy groups -OCH3 is 1. The van der Waals surface area contributed by atoms with E-state index in [0.717, 1.165) is 7.11 Å². The fraction of sp³-hybridized carbons (Fsp3) is 0.920. The minimum atomic E-state index is -5.73. The molecule has 38 nitrogen and oxygen atoms in total. The highest BCUT2D eigenvalue weighted by molar-refractivity contribution is 7.84. The van der Waals surface area contributed by atoms with Crippen molar-refractivity contribution in [2.24, 2.45) is 0 Å². The number of aliphatic carboxylic acids is 2. The van der Waals surface area contributed by atoms with Crippen LogP contribution in [-0.2, 0) is 112 Å². The van der Waals surface area contributed by atoms with Crippen LogP contribution in [-0.4, -0.2) is 261 Å². The van der Waals surface area contributed by atoms with E-state index in [1.807, 2.05) is 0 Å². The maximum absolute atomic E-state index is 12.6. The van der Waals surface area contributed by atoms with Gasteiger partial charge in [0, 0.05) is 7.11 Å².